The summed E-state index contributed by atoms with van der Waals surface area (Å²) in [4.78, 5) is 15.6. The highest BCUT2D eigenvalue weighted by Gasteiger charge is 2.11. The number of ether oxygens (including phenoxy) is 1. The Labute approximate surface area is 92.8 Å². The minimum absolute atomic E-state index is 0.357. The van der Waals surface area contributed by atoms with Gasteiger partial charge in [-0.2, -0.15) is 0 Å². The van der Waals surface area contributed by atoms with E-state index in [2.05, 4.69) is 9.72 Å². The largest absolute Gasteiger partial charge is 0.465 e. The van der Waals surface area contributed by atoms with Gasteiger partial charge >= 0.3 is 5.97 Å². The van der Waals surface area contributed by atoms with Crippen LogP contribution in [0.2, 0.25) is 0 Å². The summed E-state index contributed by atoms with van der Waals surface area (Å²) < 4.78 is 6.51. The molecule has 2 rings (SSSR count). The molecule has 0 radical (unpaired) electrons. The van der Waals surface area contributed by atoms with Gasteiger partial charge in [0.05, 0.1) is 23.7 Å². The number of benzene rings is 1. The summed E-state index contributed by atoms with van der Waals surface area (Å²) in [5.41, 5.74) is 7.90. The fourth-order valence-corrected chi connectivity index (χ4v) is 1.72. The summed E-state index contributed by atoms with van der Waals surface area (Å²) >= 11 is 0. The molecule has 2 aromatic rings. The van der Waals surface area contributed by atoms with Crippen LogP contribution in [-0.4, -0.2) is 22.6 Å². The average molecular weight is 219 g/mol. The van der Waals surface area contributed by atoms with E-state index in [0.29, 0.717) is 18.1 Å². The van der Waals surface area contributed by atoms with Crippen molar-refractivity contribution in [3.8, 4) is 0 Å². The predicted molar refractivity (Wildman–Crippen MR) is 61.2 cm³/mol. The summed E-state index contributed by atoms with van der Waals surface area (Å²) in [6.07, 6.45) is 0. The molecule has 0 bridgehead atoms. The molecule has 1 heterocycles. The van der Waals surface area contributed by atoms with Crippen molar-refractivity contribution in [3.63, 3.8) is 0 Å². The number of aryl methyl sites for hydroxylation is 1. The third-order valence-corrected chi connectivity index (χ3v) is 2.52. The van der Waals surface area contributed by atoms with Crippen molar-refractivity contribution in [1.82, 2.24) is 9.55 Å². The van der Waals surface area contributed by atoms with E-state index in [-0.39, 0.29) is 5.97 Å². The molecule has 0 atom stereocenters. The molecule has 0 aliphatic carbocycles. The molecule has 0 aliphatic rings. The molecular weight excluding hydrogens is 206 g/mol. The van der Waals surface area contributed by atoms with Crippen LogP contribution in [0.1, 0.15) is 17.3 Å². The van der Waals surface area contributed by atoms with Crippen molar-refractivity contribution in [3.05, 3.63) is 23.8 Å². The van der Waals surface area contributed by atoms with Gasteiger partial charge in [-0.3, -0.25) is 0 Å². The van der Waals surface area contributed by atoms with Crippen LogP contribution in [0.3, 0.4) is 0 Å². The third kappa shape index (κ3) is 1.50. The van der Waals surface area contributed by atoms with Crippen LogP contribution in [0.4, 0.5) is 5.95 Å². The number of imidazole rings is 1. The lowest BCUT2D eigenvalue weighted by Crippen LogP contribution is -2.03. The SMILES string of the molecule is CCn1c(N)nc2ccc(C(=O)OC)cc21. The number of carbonyl (C=O) groups is 1. The zero-order valence-electron chi connectivity index (χ0n) is 9.23. The Balaban J connectivity index is 2.64. The normalized spacial score (nSPS) is 10.6. The number of carbonyl (C=O) groups excluding carboxylic acids is 1. The highest BCUT2D eigenvalue weighted by Crippen LogP contribution is 2.19. The van der Waals surface area contributed by atoms with E-state index in [1.54, 1.807) is 18.2 Å². The maximum atomic E-state index is 11.4. The van der Waals surface area contributed by atoms with Gasteiger partial charge in [-0.25, -0.2) is 9.78 Å². The van der Waals surface area contributed by atoms with Crippen molar-refractivity contribution in [2.45, 2.75) is 13.5 Å². The number of aromatic nitrogens is 2. The number of nitrogen functional groups attached to an aromatic ring is 1. The van der Waals surface area contributed by atoms with Crippen LogP contribution in [-0.2, 0) is 11.3 Å². The van der Waals surface area contributed by atoms with Crippen LogP contribution >= 0.6 is 0 Å². The highest BCUT2D eigenvalue weighted by atomic mass is 16.5. The number of nitrogens with two attached hydrogens (primary N) is 1. The molecule has 5 heteroatoms. The molecule has 0 saturated carbocycles. The number of nitrogens with zero attached hydrogens (tertiary/aromatic N) is 2. The fraction of sp³-hybridized carbons (Fsp3) is 0.273. The van der Waals surface area contributed by atoms with E-state index < -0.39 is 0 Å². The smallest absolute Gasteiger partial charge is 0.337 e. The number of fused-ring (bicyclic) bond motifs is 1. The minimum atomic E-state index is -0.357. The molecular formula is C11H13N3O2. The number of anilines is 1. The zero-order valence-corrected chi connectivity index (χ0v) is 9.23. The average Bonchev–Trinajstić information content (AvgIpc) is 2.62. The molecule has 16 heavy (non-hydrogen) atoms. The molecule has 0 fully saturated rings. The predicted octanol–water partition coefficient (Wildman–Crippen LogP) is 1.43. The third-order valence-electron chi connectivity index (χ3n) is 2.52. The zero-order chi connectivity index (χ0) is 11.7. The van der Waals surface area contributed by atoms with Crippen molar-refractivity contribution in [2.24, 2.45) is 0 Å². The van der Waals surface area contributed by atoms with E-state index in [1.807, 2.05) is 11.5 Å². The minimum Gasteiger partial charge on any atom is -0.465 e. The van der Waals surface area contributed by atoms with Crippen molar-refractivity contribution in [2.75, 3.05) is 12.8 Å². The van der Waals surface area contributed by atoms with Gasteiger partial charge in [0.1, 0.15) is 0 Å². The van der Waals surface area contributed by atoms with Crippen molar-refractivity contribution >= 4 is 23.0 Å². The molecule has 1 aromatic heterocycles. The Kier molecular flexibility index (Phi) is 2.52. The summed E-state index contributed by atoms with van der Waals surface area (Å²) in [5, 5.41) is 0. The van der Waals surface area contributed by atoms with Gasteiger partial charge in [-0.15, -0.1) is 0 Å². The lowest BCUT2D eigenvalue weighted by Gasteiger charge is -2.02. The van der Waals surface area contributed by atoms with Gasteiger partial charge in [0.25, 0.3) is 0 Å². The van der Waals surface area contributed by atoms with Crippen LogP contribution in [0, 0.1) is 0 Å². The number of methoxy groups -OCH3 is 1. The summed E-state index contributed by atoms with van der Waals surface area (Å²) in [5.74, 6) is 0.101. The molecule has 1 aromatic carbocycles. The van der Waals surface area contributed by atoms with E-state index in [9.17, 15) is 4.79 Å². The van der Waals surface area contributed by atoms with Crippen molar-refractivity contribution in [1.29, 1.82) is 0 Å². The molecule has 5 nitrogen and oxygen atoms in total. The topological polar surface area (TPSA) is 70.1 Å². The maximum Gasteiger partial charge on any atom is 0.337 e. The summed E-state index contributed by atoms with van der Waals surface area (Å²) in [6.45, 7) is 2.69. The Hall–Kier alpha value is -2.04. The Morgan fingerprint density at radius 1 is 1.56 bits per heavy atom. The summed E-state index contributed by atoms with van der Waals surface area (Å²) in [7, 11) is 1.36. The van der Waals surface area contributed by atoms with Gasteiger partial charge in [0.2, 0.25) is 5.95 Å². The molecule has 0 unspecified atom stereocenters. The number of hydrogen-bond donors (Lipinski definition) is 1. The Morgan fingerprint density at radius 2 is 2.31 bits per heavy atom. The van der Waals surface area contributed by atoms with Crippen LogP contribution in [0.5, 0.6) is 0 Å². The molecule has 2 N–H and O–H groups in total. The fourth-order valence-electron chi connectivity index (χ4n) is 1.72. The second kappa shape index (κ2) is 3.84. The number of rotatable bonds is 2. The first-order chi connectivity index (χ1) is 7.67. The standard InChI is InChI=1S/C11H13N3O2/c1-3-14-9-6-7(10(15)16-2)4-5-8(9)13-11(14)12/h4-6H,3H2,1-2H3,(H2,12,13). The van der Waals surface area contributed by atoms with Gasteiger partial charge in [-0.1, -0.05) is 0 Å². The molecule has 0 amide bonds. The van der Waals surface area contributed by atoms with Crippen molar-refractivity contribution < 1.29 is 9.53 Å². The van der Waals surface area contributed by atoms with E-state index in [0.717, 1.165) is 11.0 Å². The molecule has 0 aliphatic heterocycles. The van der Waals surface area contributed by atoms with Gasteiger partial charge in [-0.05, 0) is 25.1 Å². The second-order valence-corrected chi connectivity index (χ2v) is 3.41. The van der Waals surface area contributed by atoms with Crippen LogP contribution in [0.15, 0.2) is 18.2 Å². The van der Waals surface area contributed by atoms with Gasteiger partial charge in [0, 0.05) is 6.54 Å². The van der Waals surface area contributed by atoms with E-state index in [1.165, 1.54) is 7.11 Å². The molecule has 0 saturated heterocycles. The lowest BCUT2D eigenvalue weighted by molar-refractivity contribution is 0.0601. The van der Waals surface area contributed by atoms with Gasteiger partial charge in [0.15, 0.2) is 0 Å². The monoisotopic (exact) mass is 219 g/mol. The molecule has 0 spiro atoms. The second-order valence-electron chi connectivity index (χ2n) is 3.41. The highest BCUT2D eigenvalue weighted by molar-refractivity contribution is 5.94. The Bertz CT molecular complexity index is 545. The number of esters is 1. The van der Waals surface area contributed by atoms with Crippen LogP contribution in [0.25, 0.3) is 11.0 Å². The number of hydrogen-bond acceptors (Lipinski definition) is 4. The van der Waals surface area contributed by atoms with E-state index in [4.69, 9.17) is 5.73 Å². The van der Waals surface area contributed by atoms with E-state index >= 15 is 0 Å². The summed E-state index contributed by atoms with van der Waals surface area (Å²) in [6, 6.07) is 5.19. The quantitative estimate of drug-likeness (QED) is 0.775. The Morgan fingerprint density at radius 3 is 2.94 bits per heavy atom. The maximum absolute atomic E-state index is 11.4. The van der Waals surface area contributed by atoms with Gasteiger partial charge < -0.3 is 15.0 Å². The first-order valence-corrected chi connectivity index (χ1v) is 5.01. The first-order valence-electron chi connectivity index (χ1n) is 5.01. The first kappa shape index (κ1) is 10.5. The lowest BCUT2D eigenvalue weighted by atomic mass is 10.2. The van der Waals surface area contributed by atoms with Crippen LogP contribution < -0.4 is 5.73 Å². The molecule has 84 valence electrons.